The van der Waals surface area contributed by atoms with Crippen LogP contribution in [0.1, 0.15) is 52.0 Å². The van der Waals surface area contributed by atoms with Crippen molar-refractivity contribution in [1.82, 2.24) is 5.32 Å². The highest BCUT2D eigenvalue weighted by molar-refractivity contribution is 5.52. The van der Waals surface area contributed by atoms with Crippen molar-refractivity contribution in [2.75, 3.05) is 11.9 Å². The molecule has 2 fully saturated rings. The molecule has 2 aliphatic heterocycles. The standard InChI is InChI=1S/C18H28N2/c1-18(2,3)13-5-7-15(8-6-13)20-16-9-10-17(20)12-14(11-16)19-4/h5-8,14,16-17,19H,9-12H2,1-4H3. The quantitative estimate of drug-likeness (QED) is 0.883. The Hall–Kier alpha value is -1.02. The summed E-state index contributed by atoms with van der Waals surface area (Å²) in [6.07, 6.45) is 5.33. The van der Waals surface area contributed by atoms with Gasteiger partial charge >= 0.3 is 0 Å². The van der Waals surface area contributed by atoms with Crippen LogP contribution in [0.25, 0.3) is 0 Å². The van der Waals surface area contributed by atoms with Crippen LogP contribution in [0.3, 0.4) is 0 Å². The summed E-state index contributed by atoms with van der Waals surface area (Å²) in [7, 11) is 2.11. The van der Waals surface area contributed by atoms with E-state index in [-0.39, 0.29) is 5.41 Å². The third-order valence-corrected chi connectivity index (χ3v) is 5.17. The van der Waals surface area contributed by atoms with E-state index in [1.54, 1.807) is 0 Å². The van der Waals surface area contributed by atoms with Gasteiger partial charge in [-0.15, -0.1) is 0 Å². The van der Waals surface area contributed by atoms with Gasteiger partial charge in [0.1, 0.15) is 0 Å². The molecule has 0 saturated carbocycles. The maximum absolute atomic E-state index is 3.48. The molecule has 0 aliphatic carbocycles. The summed E-state index contributed by atoms with van der Waals surface area (Å²) < 4.78 is 0. The highest BCUT2D eigenvalue weighted by Crippen LogP contribution is 2.39. The number of fused-ring (bicyclic) bond motifs is 2. The largest absolute Gasteiger partial charge is 0.365 e. The van der Waals surface area contributed by atoms with Crippen LogP contribution >= 0.6 is 0 Å². The third kappa shape index (κ3) is 2.46. The normalized spacial score (nSPS) is 29.8. The maximum Gasteiger partial charge on any atom is 0.0371 e. The number of nitrogens with zero attached hydrogens (tertiary/aromatic N) is 1. The van der Waals surface area contributed by atoms with Gasteiger partial charge in [0.15, 0.2) is 0 Å². The summed E-state index contributed by atoms with van der Waals surface area (Å²) in [4.78, 5) is 2.69. The highest BCUT2D eigenvalue weighted by atomic mass is 15.2. The molecule has 2 unspecified atom stereocenters. The van der Waals surface area contributed by atoms with E-state index in [1.807, 2.05) is 0 Å². The molecule has 2 atom stereocenters. The van der Waals surface area contributed by atoms with Crippen molar-refractivity contribution in [3.8, 4) is 0 Å². The zero-order chi connectivity index (χ0) is 14.3. The maximum atomic E-state index is 3.48. The number of rotatable bonds is 2. The Morgan fingerprint density at radius 2 is 1.55 bits per heavy atom. The van der Waals surface area contributed by atoms with Gasteiger partial charge in [0.2, 0.25) is 0 Å². The topological polar surface area (TPSA) is 15.3 Å². The van der Waals surface area contributed by atoms with Crippen molar-refractivity contribution in [1.29, 1.82) is 0 Å². The number of piperidine rings is 1. The van der Waals surface area contributed by atoms with Crippen LogP contribution < -0.4 is 10.2 Å². The van der Waals surface area contributed by atoms with Gasteiger partial charge in [-0.3, -0.25) is 0 Å². The van der Waals surface area contributed by atoms with E-state index in [9.17, 15) is 0 Å². The minimum atomic E-state index is 0.247. The van der Waals surface area contributed by atoms with Crippen LogP contribution in [-0.2, 0) is 5.41 Å². The van der Waals surface area contributed by atoms with Gasteiger partial charge in [-0.1, -0.05) is 32.9 Å². The van der Waals surface area contributed by atoms with Crippen LogP contribution in [0.15, 0.2) is 24.3 Å². The molecule has 3 rings (SSSR count). The summed E-state index contributed by atoms with van der Waals surface area (Å²) in [5, 5.41) is 3.48. The number of benzene rings is 1. The molecule has 0 radical (unpaired) electrons. The first-order valence-corrected chi connectivity index (χ1v) is 8.05. The van der Waals surface area contributed by atoms with Gasteiger partial charge in [-0.25, -0.2) is 0 Å². The predicted octanol–water partition coefficient (Wildman–Crippen LogP) is 3.70. The van der Waals surface area contributed by atoms with Crippen molar-refractivity contribution in [2.24, 2.45) is 0 Å². The summed E-state index contributed by atoms with van der Waals surface area (Å²) in [5.41, 5.74) is 3.11. The first-order chi connectivity index (χ1) is 9.49. The second-order valence-electron chi connectivity index (χ2n) is 7.55. The second kappa shape index (κ2) is 5.07. The van der Waals surface area contributed by atoms with Gasteiger partial charge in [-0.05, 0) is 55.8 Å². The van der Waals surface area contributed by atoms with Crippen molar-refractivity contribution >= 4 is 5.69 Å². The first-order valence-electron chi connectivity index (χ1n) is 8.05. The summed E-state index contributed by atoms with van der Waals surface area (Å²) in [6, 6.07) is 11.5. The highest BCUT2D eigenvalue weighted by Gasteiger charge is 2.40. The Balaban J connectivity index is 1.80. The molecular weight excluding hydrogens is 244 g/mol. The first kappa shape index (κ1) is 13.9. The summed E-state index contributed by atoms with van der Waals surface area (Å²) in [5.74, 6) is 0. The average Bonchev–Trinajstić information content (AvgIpc) is 2.68. The van der Waals surface area contributed by atoms with Crippen molar-refractivity contribution in [3.63, 3.8) is 0 Å². The van der Waals surface area contributed by atoms with Crippen LogP contribution in [0.2, 0.25) is 0 Å². The van der Waals surface area contributed by atoms with Crippen LogP contribution in [0.4, 0.5) is 5.69 Å². The Kier molecular flexibility index (Phi) is 3.53. The van der Waals surface area contributed by atoms with Crippen molar-refractivity contribution in [2.45, 2.75) is 70.0 Å². The lowest BCUT2D eigenvalue weighted by atomic mass is 9.87. The van der Waals surface area contributed by atoms with E-state index in [1.165, 1.54) is 36.9 Å². The third-order valence-electron chi connectivity index (χ3n) is 5.17. The molecule has 2 heterocycles. The fourth-order valence-corrected chi connectivity index (χ4v) is 3.97. The molecule has 2 heteroatoms. The molecule has 0 spiro atoms. The number of nitrogens with one attached hydrogen (secondary N) is 1. The molecule has 2 nitrogen and oxygen atoms in total. The number of hydrogen-bond acceptors (Lipinski definition) is 2. The van der Waals surface area contributed by atoms with E-state index in [0.717, 1.165) is 18.1 Å². The van der Waals surface area contributed by atoms with Crippen LogP contribution in [0, 0.1) is 0 Å². The lowest BCUT2D eigenvalue weighted by Crippen LogP contribution is -2.48. The Bertz CT molecular complexity index is 443. The lowest BCUT2D eigenvalue weighted by molar-refractivity contribution is 0.374. The Labute approximate surface area is 123 Å². The van der Waals surface area contributed by atoms with Gasteiger partial charge in [0.25, 0.3) is 0 Å². The Morgan fingerprint density at radius 3 is 2.00 bits per heavy atom. The zero-order valence-electron chi connectivity index (χ0n) is 13.3. The number of anilines is 1. The molecular formula is C18H28N2. The van der Waals surface area contributed by atoms with Crippen LogP contribution in [-0.4, -0.2) is 25.2 Å². The molecule has 1 aromatic rings. The Morgan fingerprint density at radius 1 is 1.00 bits per heavy atom. The summed E-state index contributed by atoms with van der Waals surface area (Å²) in [6.45, 7) is 6.85. The molecule has 1 aromatic carbocycles. The van der Waals surface area contributed by atoms with Gasteiger partial charge in [0, 0.05) is 23.8 Å². The molecule has 1 N–H and O–H groups in total. The smallest absolute Gasteiger partial charge is 0.0371 e. The predicted molar refractivity (Wildman–Crippen MR) is 86.5 cm³/mol. The monoisotopic (exact) mass is 272 g/mol. The molecule has 20 heavy (non-hydrogen) atoms. The summed E-state index contributed by atoms with van der Waals surface area (Å²) >= 11 is 0. The van der Waals surface area contributed by atoms with Gasteiger partial charge < -0.3 is 10.2 Å². The molecule has 2 aliphatic rings. The van der Waals surface area contributed by atoms with Crippen molar-refractivity contribution < 1.29 is 0 Å². The molecule has 0 aromatic heterocycles. The fraction of sp³-hybridized carbons (Fsp3) is 0.667. The lowest BCUT2D eigenvalue weighted by Gasteiger charge is -2.40. The average molecular weight is 272 g/mol. The zero-order valence-corrected chi connectivity index (χ0v) is 13.3. The molecule has 2 bridgehead atoms. The van der Waals surface area contributed by atoms with Crippen LogP contribution in [0.5, 0.6) is 0 Å². The van der Waals surface area contributed by atoms with E-state index < -0.39 is 0 Å². The minimum absolute atomic E-state index is 0.247. The van der Waals surface area contributed by atoms with Gasteiger partial charge in [-0.2, -0.15) is 0 Å². The molecule has 110 valence electrons. The number of hydrogen-bond donors (Lipinski definition) is 1. The molecule has 0 amide bonds. The van der Waals surface area contributed by atoms with Crippen molar-refractivity contribution in [3.05, 3.63) is 29.8 Å². The van der Waals surface area contributed by atoms with Gasteiger partial charge in [0.05, 0.1) is 0 Å². The second-order valence-corrected chi connectivity index (χ2v) is 7.55. The van der Waals surface area contributed by atoms with E-state index >= 15 is 0 Å². The fourth-order valence-electron chi connectivity index (χ4n) is 3.97. The SMILES string of the molecule is CNC1CC2CCC(C1)N2c1ccc(C(C)(C)C)cc1. The van der Waals surface area contributed by atoms with E-state index in [0.29, 0.717) is 0 Å². The van der Waals surface area contributed by atoms with E-state index in [2.05, 4.69) is 62.3 Å². The minimum Gasteiger partial charge on any atom is -0.365 e. The van der Waals surface area contributed by atoms with E-state index in [4.69, 9.17) is 0 Å². The molecule has 2 saturated heterocycles.